The van der Waals surface area contributed by atoms with Crippen LogP contribution in [0.1, 0.15) is 12.1 Å². The number of anilines is 2. The lowest BCUT2D eigenvalue weighted by Gasteiger charge is -2.10. The van der Waals surface area contributed by atoms with E-state index in [-0.39, 0.29) is 23.5 Å². The molecule has 0 aliphatic heterocycles. The van der Waals surface area contributed by atoms with Crippen LogP contribution in [0.25, 0.3) is 0 Å². The lowest BCUT2D eigenvalue weighted by molar-refractivity contribution is 0.256. The molecule has 2 amide bonds. The zero-order valence-corrected chi connectivity index (χ0v) is 15.6. The maximum absolute atomic E-state index is 12.3. The minimum atomic E-state index is -4.21. The zero-order chi connectivity index (χ0) is 19.9. The Kier molecular flexibility index (Phi) is 6.85. The third-order valence-electron chi connectivity index (χ3n) is 3.13. The van der Waals surface area contributed by atoms with Crippen LogP contribution in [0, 0.1) is 6.92 Å². The van der Waals surface area contributed by atoms with Gasteiger partial charge in [-0.2, -0.15) is 13.4 Å². The molecule has 0 unspecified atom stereocenters. The topological polar surface area (TPSA) is 155 Å². The van der Waals surface area contributed by atoms with Crippen LogP contribution in [0.3, 0.4) is 0 Å². The van der Waals surface area contributed by atoms with Crippen molar-refractivity contribution in [2.45, 2.75) is 18.4 Å². The van der Waals surface area contributed by atoms with Gasteiger partial charge in [-0.05, 0) is 25.5 Å². The molecule has 2 aromatic rings. The molecule has 2 rings (SSSR count). The molecule has 2 heterocycles. The highest BCUT2D eigenvalue weighted by Gasteiger charge is 2.20. The van der Waals surface area contributed by atoms with Crippen molar-refractivity contribution < 1.29 is 23.1 Å². The summed E-state index contributed by atoms with van der Waals surface area (Å²) < 4.78 is 31.5. The third-order valence-corrected chi connectivity index (χ3v) is 4.36. The van der Waals surface area contributed by atoms with Gasteiger partial charge >= 0.3 is 6.03 Å². The van der Waals surface area contributed by atoms with E-state index < -0.39 is 16.1 Å². The molecule has 12 heteroatoms. The van der Waals surface area contributed by atoms with Gasteiger partial charge in [0.2, 0.25) is 11.8 Å². The van der Waals surface area contributed by atoms with Gasteiger partial charge in [0.25, 0.3) is 10.0 Å². The Bertz CT molecular complexity index is 905. The molecule has 0 saturated carbocycles. The Hall–Kier alpha value is -2.99. The van der Waals surface area contributed by atoms with Crippen LogP contribution < -0.4 is 20.1 Å². The maximum atomic E-state index is 12.3. The number of hydrogen-bond donors (Lipinski definition) is 4. The van der Waals surface area contributed by atoms with Crippen LogP contribution in [0.2, 0.25) is 0 Å². The number of urea groups is 1. The van der Waals surface area contributed by atoms with Crippen LogP contribution in [0.5, 0.6) is 5.88 Å². The number of carbonyl (C=O) groups excluding carboxylic acids is 1. The highest BCUT2D eigenvalue weighted by Crippen LogP contribution is 2.12. The number of aliphatic hydroxyl groups is 1. The number of ether oxygens (including phenoxy) is 1. The van der Waals surface area contributed by atoms with Crippen LogP contribution in [0.15, 0.2) is 29.3 Å². The Labute approximate surface area is 156 Å². The van der Waals surface area contributed by atoms with E-state index in [9.17, 15) is 13.2 Å². The molecule has 4 N–H and O–H groups in total. The van der Waals surface area contributed by atoms with E-state index in [4.69, 9.17) is 9.84 Å². The first kappa shape index (κ1) is 20.3. The van der Waals surface area contributed by atoms with E-state index in [0.29, 0.717) is 24.5 Å². The first-order valence-electron chi connectivity index (χ1n) is 7.89. The number of sulfonamides is 1. The Morgan fingerprint density at radius 3 is 2.74 bits per heavy atom. The summed E-state index contributed by atoms with van der Waals surface area (Å²) >= 11 is 0. The molecule has 0 atom stereocenters. The largest absolute Gasteiger partial charge is 0.481 e. The monoisotopic (exact) mass is 396 g/mol. The molecule has 0 aromatic carbocycles. The van der Waals surface area contributed by atoms with Crippen molar-refractivity contribution in [2.75, 3.05) is 30.9 Å². The van der Waals surface area contributed by atoms with Gasteiger partial charge in [0.1, 0.15) is 5.82 Å². The molecule has 0 aliphatic carbocycles. The van der Waals surface area contributed by atoms with Crippen LogP contribution in [0.4, 0.5) is 16.6 Å². The molecule has 0 fully saturated rings. The molecule has 11 nitrogen and oxygen atoms in total. The van der Waals surface area contributed by atoms with E-state index >= 15 is 0 Å². The average molecular weight is 396 g/mol. The first-order valence-corrected chi connectivity index (χ1v) is 9.37. The van der Waals surface area contributed by atoms with E-state index in [1.165, 1.54) is 19.2 Å². The van der Waals surface area contributed by atoms with Gasteiger partial charge in [-0.25, -0.2) is 19.5 Å². The smallest absolute Gasteiger partial charge is 0.335 e. The molecule has 0 bridgehead atoms. The number of aryl methyl sites for hydroxylation is 1. The van der Waals surface area contributed by atoms with Crippen molar-refractivity contribution in [3.63, 3.8) is 0 Å². The number of hydrogen-bond acceptors (Lipinski definition) is 9. The second-order valence-electron chi connectivity index (χ2n) is 5.30. The molecule has 2 aromatic heterocycles. The number of nitrogens with zero attached hydrogens (tertiary/aromatic N) is 3. The fourth-order valence-electron chi connectivity index (χ4n) is 1.96. The Balaban J connectivity index is 2.08. The molecule has 0 saturated heterocycles. The van der Waals surface area contributed by atoms with E-state index in [2.05, 4.69) is 25.6 Å². The van der Waals surface area contributed by atoms with Gasteiger partial charge in [0, 0.05) is 24.9 Å². The summed E-state index contributed by atoms with van der Waals surface area (Å²) in [6.07, 6.45) is 0.485. The molecular formula is C15H20N6O5S. The van der Waals surface area contributed by atoms with Crippen molar-refractivity contribution in [3.05, 3.63) is 30.0 Å². The van der Waals surface area contributed by atoms with E-state index in [1.54, 1.807) is 19.1 Å². The lowest BCUT2D eigenvalue weighted by atomic mass is 10.4. The standard InChI is InChI=1S/C15H20N6O5S/c1-10-9-12(26-2)19-14(17-10)20-15(23)21-27(24,25)13-6-3-5-11(18-13)16-7-4-8-22/h3,5-6,9,22H,4,7-8H2,1-2H3,(H,16,18)(H2,17,19,20,21,23). The highest BCUT2D eigenvalue weighted by atomic mass is 32.2. The van der Waals surface area contributed by atoms with Crippen LogP contribution in [-0.4, -0.2) is 54.8 Å². The number of aliphatic hydroxyl groups excluding tert-OH is 1. The lowest BCUT2D eigenvalue weighted by Crippen LogP contribution is -2.35. The molecule has 27 heavy (non-hydrogen) atoms. The van der Waals surface area contributed by atoms with Gasteiger partial charge in [0.05, 0.1) is 7.11 Å². The van der Waals surface area contributed by atoms with Crippen molar-refractivity contribution in [1.29, 1.82) is 0 Å². The van der Waals surface area contributed by atoms with Crippen molar-refractivity contribution in [1.82, 2.24) is 19.7 Å². The molecule has 0 aliphatic rings. The normalized spacial score (nSPS) is 10.9. The van der Waals surface area contributed by atoms with Gasteiger partial charge < -0.3 is 15.2 Å². The SMILES string of the molecule is COc1cc(C)nc(NC(=O)NS(=O)(=O)c2cccc(NCCCO)n2)n1. The summed E-state index contributed by atoms with van der Waals surface area (Å²) in [5, 5.41) is 13.5. The quantitative estimate of drug-likeness (QED) is 0.466. The van der Waals surface area contributed by atoms with Crippen molar-refractivity contribution in [3.8, 4) is 5.88 Å². The summed E-state index contributed by atoms with van der Waals surface area (Å²) in [6.45, 7) is 2.09. The van der Waals surface area contributed by atoms with E-state index in [1.807, 2.05) is 4.72 Å². The van der Waals surface area contributed by atoms with Gasteiger partial charge in [-0.15, -0.1) is 0 Å². The summed E-state index contributed by atoms with van der Waals surface area (Å²) in [4.78, 5) is 23.8. The fraction of sp³-hybridized carbons (Fsp3) is 0.333. The number of amides is 2. The highest BCUT2D eigenvalue weighted by molar-refractivity contribution is 7.90. The number of methoxy groups -OCH3 is 1. The van der Waals surface area contributed by atoms with Gasteiger partial charge in [0.15, 0.2) is 5.03 Å². The minimum Gasteiger partial charge on any atom is -0.481 e. The molecular weight excluding hydrogens is 376 g/mol. The van der Waals surface area contributed by atoms with Crippen molar-refractivity contribution in [2.24, 2.45) is 0 Å². The second-order valence-corrected chi connectivity index (χ2v) is 6.93. The van der Waals surface area contributed by atoms with Crippen LogP contribution >= 0.6 is 0 Å². The predicted molar refractivity (Wildman–Crippen MR) is 97.1 cm³/mol. The number of nitrogens with one attached hydrogen (secondary N) is 3. The predicted octanol–water partition coefficient (Wildman–Crippen LogP) is 0.493. The minimum absolute atomic E-state index is 0.00146. The Morgan fingerprint density at radius 2 is 2.04 bits per heavy atom. The fourth-order valence-corrected chi connectivity index (χ4v) is 2.84. The Morgan fingerprint density at radius 1 is 1.26 bits per heavy atom. The van der Waals surface area contributed by atoms with Crippen LogP contribution in [-0.2, 0) is 10.0 Å². The average Bonchev–Trinajstić information content (AvgIpc) is 2.61. The zero-order valence-electron chi connectivity index (χ0n) is 14.8. The maximum Gasteiger partial charge on any atom is 0.335 e. The summed E-state index contributed by atoms with van der Waals surface area (Å²) in [7, 11) is -2.80. The van der Waals surface area contributed by atoms with E-state index in [0.717, 1.165) is 0 Å². The summed E-state index contributed by atoms with van der Waals surface area (Å²) in [5.41, 5.74) is 0.531. The number of pyridine rings is 1. The first-order chi connectivity index (χ1) is 12.8. The molecule has 0 radical (unpaired) electrons. The van der Waals surface area contributed by atoms with Crippen molar-refractivity contribution >= 4 is 27.8 Å². The summed E-state index contributed by atoms with van der Waals surface area (Å²) in [5.74, 6) is 0.425. The number of rotatable bonds is 8. The van der Waals surface area contributed by atoms with Gasteiger partial charge in [-0.3, -0.25) is 5.32 Å². The second kappa shape index (κ2) is 9.09. The number of aromatic nitrogens is 3. The summed E-state index contributed by atoms with van der Waals surface area (Å²) in [6, 6.07) is 4.82. The molecule has 146 valence electrons. The molecule has 0 spiro atoms. The van der Waals surface area contributed by atoms with Gasteiger partial charge in [-0.1, -0.05) is 6.07 Å². The number of carbonyl (C=O) groups is 1. The third kappa shape index (κ3) is 6.04.